The lowest BCUT2D eigenvalue weighted by Crippen LogP contribution is -2.27. The fourth-order valence-corrected chi connectivity index (χ4v) is 4.12. The van der Waals surface area contributed by atoms with Crippen LogP contribution in [0.15, 0.2) is 47.5 Å². The Balaban J connectivity index is 1.83. The number of aromatic nitrogens is 3. The third kappa shape index (κ3) is 4.02. The summed E-state index contributed by atoms with van der Waals surface area (Å²) in [6.45, 7) is 7.38. The number of hydrogen-bond acceptors (Lipinski definition) is 4. The summed E-state index contributed by atoms with van der Waals surface area (Å²) in [6, 6.07) is 12.3. The van der Waals surface area contributed by atoms with E-state index in [1.54, 1.807) is 12.1 Å². The fraction of sp³-hybridized carbons (Fsp3) is 0.348. The molecule has 0 atom stereocenters. The van der Waals surface area contributed by atoms with E-state index in [-0.39, 0.29) is 5.82 Å². The Bertz CT molecular complexity index is 1070. The van der Waals surface area contributed by atoms with E-state index in [0.717, 1.165) is 48.8 Å². The maximum Gasteiger partial charge on any atom is 0.159 e. The summed E-state index contributed by atoms with van der Waals surface area (Å²) in [4.78, 5) is 7.11. The first-order valence-corrected chi connectivity index (χ1v) is 10.7. The lowest BCUT2D eigenvalue weighted by atomic mass is 10.00. The van der Waals surface area contributed by atoms with Gasteiger partial charge in [0.15, 0.2) is 11.6 Å². The molecule has 1 aromatic heterocycles. The molecule has 3 aromatic rings. The topological polar surface area (TPSA) is 46.3 Å². The van der Waals surface area contributed by atoms with Crippen LogP contribution in [0.2, 0.25) is 5.02 Å². The zero-order chi connectivity index (χ0) is 21.1. The van der Waals surface area contributed by atoms with Gasteiger partial charge in [0.1, 0.15) is 12.4 Å². The summed E-state index contributed by atoms with van der Waals surface area (Å²) in [5, 5.41) is 9.47. The summed E-state index contributed by atoms with van der Waals surface area (Å²) in [5.74, 6) is 1.30. The van der Waals surface area contributed by atoms with Crippen LogP contribution in [0, 0.1) is 5.82 Å². The van der Waals surface area contributed by atoms with Crippen molar-refractivity contribution in [3.63, 3.8) is 0 Å². The Morgan fingerprint density at radius 1 is 1.03 bits per heavy atom. The zero-order valence-electron chi connectivity index (χ0n) is 17.3. The van der Waals surface area contributed by atoms with E-state index in [0.29, 0.717) is 29.4 Å². The number of aliphatic imine (C=N–C) groups is 1. The number of hydrogen-bond donors (Lipinski definition) is 0. The SMILES string of the molecule is CCCN(CCC)Cc1nnc2n1-c1ccc(Cl)cc1C(c1ccccc1F)=NC2. The van der Waals surface area contributed by atoms with Crippen molar-refractivity contribution in [3.05, 3.63) is 76.1 Å². The lowest BCUT2D eigenvalue weighted by Gasteiger charge is -2.21. The second-order valence-corrected chi connectivity index (χ2v) is 7.89. The Morgan fingerprint density at radius 2 is 1.80 bits per heavy atom. The number of nitrogens with zero attached hydrogens (tertiary/aromatic N) is 5. The molecule has 2 aromatic carbocycles. The van der Waals surface area contributed by atoms with Crippen molar-refractivity contribution in [1.82, 2.24) is 19.7 Å². The van der Waals surface area contributed by atoms with Crippen LogP contribution in [-0.2, 0) is 13.1 Å². The van der Waals surface area contributed by atoms with E-state index < -0.39 is 0 Å². The van der Waals surface area contributed by atoms with E-state index in [4.69, 9.17) is 16.6 Å². The number of rotatable bonds is 7. The van der Waals surface area contributed by atoms with Crippen LogP contribution in [0.5, 0.6) is 0 Å². The van der Waals surface area contributed by atoms with Gasteiger partial charge in [-0.25, -0.2) is 4.39 Å². The molecule has 0 aliphatic carbocycles. The van der Waals surface area contributed by atoms with Gasteiger partial charge in [0, 0.05) is 16.1 Å². The molecule has 0 saturated heterocycles. The predicted molar refractivity (Wildman–Crippen MR) is 118 cm³/mol. The highest BCUT2D eigenvalue weighted by molar-refractivity contribution is 6.31. The lowest BCUT2D eigenvalue weighted by molar-refractivity contribution is 0.258. The molecule has 0 unspecified atom stereocenters. The highest BCUT2D eigenvalue weighted by Gasteiger charge is 2.25. The summed E-state index contributed by atoms with van der Waals surface area (Å²) < 4.78 is 16.7. The smallest absolute Gasteiger partial charge is 0.159 e. The Labute approximate surface area is 181 Å². The first-order valence-electron chi connectivity index (χ1n) is 10.4. The molecule has 0 radical (unpaired) electrons. The van der Waals surface area contributed by atoms with E-state index in [1.165, 1.54) is 6.07 Å². The number of halogens is 2. The molecule has 0 bridgehead atoms. The van der Waals surface area contributed by atoms with Gasteiger partial charge in [0.25, 0.3) is 0 Å². The third-order valence-corrected chi connectivity index (χ3v) is 5.44. The first-order chi connectivity index (χ1) is 14.6. The van der Waals surface area contributed by atoms with Gasteiger partial charge in [-0.2, -0.15) is 0 Å². The van der Waals surface area contributed by atoms with Crippen LogP contribution in [0.3, 0.4) is 0 Å². The number of fused-ring (bicyclic) bond motifs is 3. The average Bonchev–Trinajstić information content (AvgIpc) is 3.04. The van der Waals surface area contributed by atoms with Crippen LogP contribution >= 0.6 is 11.6 Å². The second kappa shape index (κ2) is 9.06. The van der Waals surface area contributed by atoms with Crippen LogP contribution in [0.4, 0.5) is 4.39 Å². The molecule has 7 heteroatoms. The average molecular weight is 426 g/mol. The van der Waals surface area contributed by atoms with Crippen molar-refractivity contribution >= 4 is 17.3 Å². The molecule has 0 amide bonds. The van der Waals surface area contributed by atoms with E-state index in [2.05, 4.69) is 33.5 Å². The Kier molecular flexibility index (Phi) is 6.25. The van der Waals surface area contributed by atoms with Gasteiger partial charge >= 0.3 is 0 Å². The van der Waals surface area contributed by atoms with Gasteiger partial charge in [-0.05, 0) is 56.3 Å². The minimum Gasteiger partial charge on any atom is -0.296 e. The van der Waals surface area contributed by atoms with Crippen molar-refractivity contribution in [2.75, 3.05) is 13.1 Å². The largest absolute Gasteiger partial charge is 0.296 e. The minimum atomic E-state index is -0.308. The van der Waals surface area contributed by atoms with Crippen LogP contribution < -0.4 is 0 Å². The molecule has 4 rings (SSSR count). The Hall–Kier alpha value is -2.57. The summed E-state index contributed by atoms with van der Waals surface area (Å²) in [7, 11) is 0. The molecule has 0 fully saturated rings. The van der Waals surface area contributed by atoms with Crippen molar-refractivity contribution in [2.45, 2.75) is 39.8 Å². The van der Waals surface area contributed by atoms with Gasteiger partial charge in [-0.3, -0.25) is 14.5 Å². The number of benzene rings is 2. The molecule has 0 saturated carbocycles. The molecule has 0 spiro atoms. The molecular formula is C23H25ClFN5. The van der Waals surface area contributed by atoms with E-state index >= 15 is 0 Å². The summed E-state index contributed by atoms with van der Waals surface area (Å²) in [6.07, 6.45) is 2.15. The highest BCUT2D eigenvalue weighted by atomic mass is 35.5. The minimum absolute atomic E-state index is 0.308. The van der Waals surface area contributed by atoms with Crippen molar-refractivity contribution in [3.8, 4) is 5.69 Å². The summed E-state index contributed by atoms with van der Waals surface area (Å²) >= 11 is 6.33. The normalized spacial score (nSPS) is 13.0. The maximum absolute atomic E-state index is 14.6. The van der Waals surface area contributed by atoms with Gasteiger partial charge in [0.2, 0.25) is 0 Å². The van der Waals surface area contributed by atoms with Crippen LogP contribution in [0.1, 0.15) is 49.5 Å². The maximum atomic E-state index is 14.6. The van der Waals surface area contributed by atoms with Crippen molar-refractivity contribution < 1.29 is 4.39 Å². The molecule has 5 nitrogen and oxygen atoms in total. The van der Waals surface area contributed by atoms with Crippen molar-refractivity contribution in [1.29, 1.82) is 0 Å². The molecule has 2 heterocycles. The van der Waals surface area contributed by atoms with E-state index in [1.807, 2.05) is 24.3 Å². The van der Waals surface area contributed by atoms with Gasteiger partial charge < -0.3 is 0 Å². The van der Waals surface area contributed by atoms with Gasteiger partial charge in [-0.15, -0.1) is 10.2 Å². The zero-order valence-corrected chi connectivity index (χ0v) is 18.0. The van der Waals surface area contributed by atoms with Crippen molar-refractivity contribution in [2.24, 2.45) is 4.99 Å². The molecule has 30 heavy (non-hydrogen) atoms. The molecule has 0 N–H and O–H groups in total. The van der Waals surface area contributed by atoms with Crippen LogP contribution in [0.25, 0.3) is 5.69 Å². The molecule has 156 valence electrons. The first kappa shape index (κ1) is 20.7. The Morgan fingerprint density at radius 3 is 2.53 bits per heavy atom. The van der Waals surface area contributed by atoms with Gasteiger partial charge in [0.05, 0.1) is 17.9 Å². The molecule has 1 aliphatic heterocycles. The standard InChI is InChI=1S/C23H25ClFN5/c1-3-11-29(12-4-2)15-22-28-27-21-14-26-23(17-7-5-6-8-19(17)25)18-13-16(24)9-10-20(18)30(21)22/h5-10,13H,3-4,11-12,14-15H2,1-2H3. The quantitative estimate of drug-likeness (QED) is 0.533. The monoisotopic (exact) mass is 425 g/mol. The van der Waals surface area contributed by atoms with E-state index in [9.17, 15) is 4.39 Å². The highest BCUT2D eigenvalue weighted by Crippen LogP contribution is 2.29. The predicted octanol–water partition coefficient (Wildman–Crippen LogP) is 5.03. The third-order valence-electron chi connectivity index (χ3n) is 5.20. The fourth-order valence-electron chi connectivity index (χ4n) is 3.95. The van der Waals surface area contributed by atoms with Gasteiger partial charge in [-0.1, -0.05) is 37.6 Å². The second-order valence-electron chi connectivity index (χ2n) is 7.45. The van der Waals surface area contributed by atoms with Crippen LogP contribution in [-0.4, -0.2) is 38.5 Å². The molecule has 1 aliphatic rings. The molecular weight excluding hydrogens is 401 g/mol. The summed E-state index contributed by atoms with van der Waals surface area (Å²) in [5.41, 5.74) is 2.70.